The smallest absolute Gasteiger partial charge is 0.223 e. The third-order valence-corrected chi connectivity index (χ3v) is 4.09. The van der Waals surface area contributed by atoms with Crippen LogP contribution in [0.2, 0.25) is 0 Å². The maximum Gasteiger partial charge on any atom is 0.223 e. The average Bonchev–Trinajstić information content (AvgIpc) is 2.47. The summed E-state index contributed by atoms with van der Waals surface area (Å²) in [5.74, 6) is 0.686. The Morgan fingerprint density at radius 2 is 1.89 bits per heavy atom. The highest BCUT2D eigenvalue weighted by molar-refractivity contribution is 9.10. The van der Waals surface area contributed by atoms with Crippen LogP contribution in [0.3, 0.4) is 0 Å². The zero-order valence-corrected chi connectivity index (χ0v) is 12.4. The predicted octanol–water partition coefficient (Wildman–Crippen LogP) is 1.95. The molecule has 5 nitrogen and oxygen atoms in total. The van der Waals surface area contributed by atoms with Crippen LogP contribution in [0.4, 0.5) is 5.95 Å². The molecule has 0 bridgehead atoms. The average molecular weight is 330 g/mol. The number of hydrogen-bond donors (Lipinski definition) is 3. The minimum Gasteiger partial charge on any atom is -0.394 e. The van der Waals surface area contributed by atoms with Gasteiger partial charge in [-0.3, -0.25) is 0 Å². The third-order valence-electron chi connectivity index (χ3n) is 3.68. The molecule has 0 radical (unpaired) electrons. The van der Waals surface area contributed by atoms with Crippen molar-refractivity contribution in [1.82, 2.24) is 9.97 Å². The van der Waals surface area contributed by atoms with Crippen molar-refractivity contribution < 1.29 is 10.2 Å². The second-order valence-corrected chi connectivity index (χ2v) is 5.96. The van der Waals surface area contributed by atoms with E-state index < -0.39 is 12.1 Å². The zero-order valence-electron chi connectivity index (χ0n) is 10.8. The van der Waals surface area contributed by atoms with E-state index in [0.717, 1.165) is 30.2 Å². The number of hydrogen-bond acceptors (Lipinski definition) is 5. The minimum absolute atomic E-state index is 0.128. The largest absolute Gasteiger partial charge is 0.394 e. The van der Waals surface area contributed by atoms with Gasteiger partial charge in [0, 0.05) is 12.4 Å². The molecule has 2 rings (SSSR count). The van der Waals surface area contributed by atoms with Crippen molar-refractivity contribution in [2.24, 2.45) is 5.92 Å². The molecule has 3 N–H and O–H groups in total. The second-order valence-electron chi connectivity index (χ2n) is 5.05. The van der Waals surface area contributed by atoms with Crippen LogP contribution in [0.5, 0.6) is 0 Å². The number of halogens is 1. The van der Waals surface area contributed by atoms with Crippen LogP contribution in [-0.2, 0) is 0 Å². The molecule has 1 saturated carbocycles. The van der Waals surface area contributed by atoms with Gasteiger partial charge in [-0.25, -0.2) is 9.97 Å². The van der Waals surface area contributed by atoms with E-state index >= 15 is 0 Å². The Balaban J connectivity index is 1.96. The molecular weight excluding hydrogens is 310 g/mol. The Labute approximate surface area is 121 Å². The highest BCUT2D eigenvalue weighted by Crippen LogP contribution is 2.28. The van der Waals surface area contributed by atoms with E-state index in [2.05, 4.69) is 31.2 Å². The fourth-order valence-electron chi connectivity index (χ4n) is 2.60. The van der Waals surface area contributed by atoms with Crippen LogP contribution in [0.1, 0.15) is 32.1 Å². The molecule has 1 fully saturated rings. The Bertz CT molecular complexity index is 382. The molecule has 1 heterocycles. The monoisotopic (exact) mass is 329 g/mol. The molecule has 1 aliphatic carbocycles. The Morgan fingerprint density at radius 3 is 2.47 bits per heavy atom. The lowest BCUT2D eigenvalue weighted by molar-refractivity contribution is 0.0491. The molecule has 0 unspecified atom stereocenters. The summed E-state index contributed by atoms with van der Waals surface area (Å²) in [5, 5.41) is 22.8. The van der Waals surface area contributed by atoms with Crippen LogP contribution in [0.25, 0.3) is 0 Å². The lowest BCUT2D eigenvalue weighted by Crippen LogP contribution is -2.42. The van der Waals surface area contributed by atoms with Gasteiger partial charge in [-0.15, -0.1) is 0 Å². The lowest BCUT2D eigenvalue weighted by atomic mass is 9.83. The Kier molecular flexibility index (Phi) is 5.54. The molecule has 0 saturated heterocycles. The Hall–Kier alpha value is -0.720. The maximum atomic E-state index is 10.4. The van der Waals surface area contributed by atoms with Crippen molar-refractivity contribution in [2.45, 2.75) is 44.2 Å². The third kappa shape index (κ3) is 4.12. The second kappa shape index (κ2) is 7.17. The SMILES string of the molecule is OC[C@H](Nc1ncc(Br)cn1)[C@H](O)C1CCCCC1. The first-order chi connectivity index (χ1) is 9.20. The van der Waals surface area contributed by atoms with E-state index in [-0.39, 0.29) is 12.5 Å². The van der Waals surface area contributed by atoms with E-state index in [4.69, 9.17) is 0 Å². The van der Waals surface area contributed by atoms with Crippen molar-refractivity contribution in [3.8, 4) is 0 Å². The van der Waals surface area contributed by atoms with Gasteiger partial charge in [-0.05, 0) is 34.7 Å². The molecule has 0 aromatic carbocycles. The van der Waals surface area contributed by atoms with Gasteiger partial charge in [0.15, 0.2) is 0 Å². The van der Waals surface area contributed by atoms with E-state index in [0.29, 0.717) is 5.95 Å². The molecule has 0 aliphatic heterocycles. The van der Waals surface area contributed by atoms with Gasteiger partial charge in [-0.1, -0.05) is 19.3 Å². The first kappa shape index (κ1) is 14.7. The molecule has 0 amide bonds. The van der Waals surface area contributed by atoms with Crippen LogP contribution in [0.15, 0.2) is 16.9 Å². The van der Waals surface area contributed by atoms with Crippen LogP contribution in [0, 0.1) is 5.92 Å². The van der Waals surface area contributed by atoms with Crippen molar-refractivity contribution >= 4 is 21.9 Å². The quantitative estimate of drug-likeness (QED) is 0.769. The molecule has 1 aromatic rings. The fourth-order valence-corrected chi connectivity index (χ4v) is 2.80. The standard InChI is InChI=1S/C13H20BrN3O2/c14-10-6-15-13(16-7-10)17-11(8-18)12(19)9-4-2-1-3-5-9/h6-7,9,11-12,18-19H,1-5,8H2,(H,15,16,17)/t11-,12+/m0/s1. The van der Waals surface area contributed by atoms with Crippen LogP contribution >= 0.6 is 15.9 Å². The zero-order chi connectivity index (χ0) is 13.7. The van der Waals surface area contributed by atoms with Crippen molar-refractivity contribution in [2.75, 3.05) is 11.9 Å². The van der Waals surface area contributed by atoms with Crippen molar-refractivity contribution in [3.63, 3.8) is 0 Å². The lowest BCUT2D eigenvalue weighted by Gasteiger charge is -2.31. The van der Waals surface area contributed by atoms with Gasteiger partial charge < -0.3 is 15.5 Å². The highest BCUT2D eigenvalue weighted by Gasteiger charge is 2.28. The predicted molar refractivity (Wildman–Crippen MR) is 76.8 cm³/mol. The normalized spacial score (nSPS) is 19.9. The summed E-state index contributed by atoms with van der Waals surface area (Å²) in [5.41, 5.74) is 0. The van der Waals surface area contributed by atoms with E-state index in [9.17, 15) is 10.2 Å². The molecular formula is C13H20BrN3O2. The van der Waals surface area contributed by atoms with Crippen molar-refractivity contribution in [3.05, 3.63) is 16.9 Å². The van der Waals surface area contributed by atoms with Gasteiger partial charge in [0.05, 0.1) is 23.2 Å². The fraction of sp³-hybridized carbons (Fsp3) is 0.692. The summed E-state index contributed by atoms with van der Waals surface area (Å²) in [6.07, 6.45) is 8.34. The van der Waals surface area contributed by atoms with Crippen molar-refractivity contribution in [1.29, 1.82) is 0 Å². The summed E-state index contributed by atoms with van der Waals surface area (Å²) in [4.78, 5) is 8.20. The summed E-state index contributed by atoms with van der Waals surface area (Å²) in [6.45, 7) is -0.128. The first-order valence-electron chi connectivity index (χ1n) is 6.73. The molecule has 6 heteroatoms. The number of anilines is 1. The molecule has 19 heavy (non-hydrogen) atoms. The number of nitrogens with one attached hydrogen (secondary N) is 1. The van der Waals surface area contributed by atoms with Gasteiger partial charge >= 0.3 is 0 Å². The number of rotatable bonds is 5. The molecule has 2 atom stereocenters. The van der Waals surface area contributed by atoms with Gasteiger partial charge in [0.2, 0.25) is 5.95 Å². The van der Waals surface area contributed by atoms with Gasteiger partial charge in [-0.2, -0.15) is 0 Å². The summed E-state index contributed by atoms with van der Waals surface area (Å²) < 4.78 is 0.798. The maximum absolute atomic E-state index is 10.4. The van der Waals surface area contributed by atoms with Crippen LogP contribution < -0.4 is 5.32 Å². The number of aromatic nitrogens is 2. The molecule has 106 valence electrons. The topological polar surface area (TPSA) is 78.3 Å². The molecule has 0 spiro atoms. The molecule has 1 aliphatic rings. The van der Waals surface area contributed by atoms with Gasteiger partial charge in [0.25, 0.3) is 0 Å². The van der Waals surface area contributed by atoms with E-state index in [1.54, 1.807) is 12.4 Å². The molecule has 1 aromatic heterocycles. The first-order valence-corrected chi connectivity index (χ1v) is 7.53. The summed E-state index contributed by atoms with van der Waals surface area (Å²) in [6, 6.07) is -0.413. The van der Waals surface area contributed by atoms with E-state index in [1.165, 1.54) is 6.42 Å². The van der Waals surface area contributed by atoms with Crippen LogP contribution in [-0.4, -0.2) is 38.9 Å². The number of nitrogens with zero attached hydrogens (tertiary/aromatic N) is 2. The number of aliphatic hydroxyl groups excluding tert-OH is 2. The summed E-state index contributed by atoms with van der Waals surface area (Å²) >= 11 is 3.27. The minimum atomic E-state index is -0.558. The number of aliphatic hydroxyl groups is 2. The summed E-state index contributed by atoms with van der Waals surface area (Å²) in [7, 11) is 0. The van der Waals surface area contributed by atoms with Gasteiger partial charge in [0.1, 0.15) is 0 Å². The Morgan fingerprint density at radius 1 is 1.26 bits per heavy atom. The highest BCUT2D eigenvalue weighted by atomic mass is 79.9. The van der Waals surface area contributed by atoms with E-state index in [1.807, 2.05) is 0 Å².